The van der Waals surface area contributed by atoms with Crippen LogP contribution in [0.3, 0.4) is 0 Å². The monoisotopic (exact) mass is 232 g/mol. The summed E-state index contributed by atoms with van der Waals surface area (Å²) < 4.78 is 0. The number of hydrogen-bond donors (Lipinski definition) is 1. The summed E-state index contributed by atoms with van der Waals surface area (Å²) in [6, 6.07) is 0. The van der Waals surface area contributed by atoms with Gasteiger partial charge in [-0.1, -0.05) is 0 Å². The van der Waals surface area contributed by atoms with Crippen molar-refractivity contribution in [2.45, 2.75) is 20.8 Å². The van der Waals surface area contributed by atoms with Crippen LogP contribution in [0.5, 0.6) is 0 Å². The van der Waals surface area contributed by atoms with Crippen LogP contribution in [0.2, 0.25) is 0 Å². The Bertz CT molecular complexity index is 84.8. The van der Waals surface area contributed by atoms with Crippen LogP contribution < -0.4 is 0 Å². The zero-order valence-electron chi connectivity index (χ0n) is 7.29. The Morgan fingerprint density at radius 3 is 1.36 bits per heavy atom. The molecule has 0 unspecified atom stereocenters. The molecular weight excluding hydrogens is 215 g/mol. The van der Waals surface area contributed by atoms with Crippen molar-refractivity contribution >= 4 is 39.2 Å². The molecule has 0 aliphatic heterocycles. The van der Waals surface area contributed by atoms with E-state index in [1.165, 1.54) is 0 Å². The van der Waals surface area contributed by atoms with Crippen molar-refractivity contribution in [2.75, 3.05) is 17.3 Å². The first kappa shape index (κ1) is 12.4. The first-order chi connectivity index (χ1) is 5.18. The Labute approximate surface area is 82.1 Å². The molecular formula is C6H17OPS3. The fourth-order valence-electron chi connectivity index (χ4n) is 0.672. The topological polar surface area (TPSA) is 20.2 Å². The van der Waals surface area contributed by atoms with Crippen LogP contribution in [0.15, 0.2) is 0 Å². The molecule has 0 atom stereocenters. The van der Waals surface area contributed by atoms with Crippen molar-refractivity contribution in [2.24, 2.45) is 0 Å². The molecule has 0 aliphatic rings. The summed E-state index contributed by atoms with van der Waals surface area (Å²) in [5, 5.41) is -2.00. The molecule has 0 rings (SSSR count). The van der Waals surface area contributed by atoms with E-state index >= 15 is 0 Å². The van der Waals surface area contributed by atoms with Gasteiger partial charge in [-0.3, -0.25) is 0 Å². The van der Waals surface area contributed by atoms with E-state index in [4.69, 9.17) is 0 Å². The second-order valence-electron chi connectivity index (χ2n) is 1.82. The second kappa shape index (κ2) is 6.90. The van der Waals surface area contributed by atoms with Crippen LogP contribution in [0.25, 0.3) is 0 Å². The molecule has 0 amide bonds. The van der Waals surface area contributed by atoms with E-state index < -0.39 is 5.10 Å². The average Bonchev–Trinajstić information content (AvgIpc) is 1.88. The van der Waals surface area contributed by atoms with E-state index in [1.54, 1.807) is 34.1 Å². The summed E-state index contributed by atoms with van der Waals surface area (Å²) in [4.78, 5) is 10.0. The van der Waals surface area contributed by atoms with Gasteiger partial charge in [-0.25, -0.2) is 0 Å². The van der Waals surface area contributed by atoms with Crippen LogP contribution in [-0.2, 0) is 0 Å². The molecule has 11 heavy (non-hydrogen) atoms. The van der Waals surface area contributed by atoms with Crippen molar-refractivity contribution in [1.29, 1.82) is 0 Å². The van der Waals surface area contributed by atoms with E-state index in [0.717, 1.165) is 17.3 Å². The molecule has 0 aromatic rings. The van der Waals surface area contributed by atoms with E-state index in [0.29, 0.717) is 0 Å². The Balaban J connectivity index is 3.79. The molecule has 0 aliphatic carbocycles. The summed E-state index contributed by atoms with van der Waals surface area (Å²) in [5.74, 6) is 3.09. The van der Waals surface area contributed by atoms with Crippen molar-refractivity contribution in [3.8, 4) is 0 Å². The summed E-state index contributed by atoms with van der Waals surface area (Å²) in [6.45, 7) is 6.32. The molecule has 0 spiro atoms. The number of rotatable bonds is 6. The van der Waals surface area contributed by atoms with Crippen LogP contribution in [0.4, 0.5) is 0 Å². The molecule has 1 nitrogen and oxygen atoms in total. The molecule has 0 aromatic carbocycles. The molecule has 0 fully saturated rings. The molecule has 70 valence electrons. The molecule has 1 N–H and O–H groups in total. The van der Waals surface area contributed by atoms with Crippen molar-refractivity contribution in [3.63, 3.8) is 0 Å². The minimum atomic E-state index is -2.00. The van der Waals surface area contributed by atoms with Crippen LogP contribution >= 0.6 is 39.2 Å². The average molecular weight is 232 g/mol. The molecule has 0 bridgehead atoms. The van der Waals surface area contributed by atoms with Gasteiger partial charge in [0.15, 0.2) is 0 Å². The van der Waals surface area contributed by atoms with E-state index in [9.17, 15) is 4.89 Å². The van der Waals surface area contributed by atoms with Gasteiger partial charge in [0.2, 0.25) is 0 Å². The summed E-state index contributed by atoms with van der Waals surface area (Å²) in [7, 11) is 0. The third kappa shape index (κ3) is 5.64. The predicted octanol–water partition coefficient (Wildman–Crippen LogP) is 3.65. The molecule has 0 saturated carbocycles. The molecule has 0 saturated heterocycles. The zero-order valence-corrected chi connectivity index (χ0v) is 10.7. The van der Waals surface area contributed by atoms with Gasteiger partial charge in [0.05, 0.1) is 0 Å². The summed E-state index contributed by atoms with van der Waals surface area (Å²) >= 11 is 5.24. The fourth-order valence-corrected chi connectivity index (χ4v) is 14.7. The van der Waals surface area contributed by atoms with Crippen molar-refractivity contribution < 1.29 is 4.89 Å². The Morgan fingerprint density at radius 1 is 0.909 bits per heavy atom. The molecule has 0 aromatic heterocycles. The molecule has 0 radical (unpaired) electrons. The SMILES string of the molecule is CCS[PH](O)(SCC)SCC. The molecule has 0 heterocycles. The maximum atomic E-state index is 10.0. The summed E-state index contributed by atoms with van der Waals surface area (Å²) in [6.07, 6.45) is 0. The van der Waals surface area contributed by atoms with Gasteiger partial charge < -0.3 is 0 Å². The first-order valence-electron chi connectivity index (χ1n) is 3.82. The Kier molecular flexibility index (Phi) is 7.81. The van der Waals surface area contributed by atoms with Crippen LogP contribution in [0, 0.1) is 0 Å². The van der Waals surface area contributed by atoms with Gasteiger partial charge in [-0.05, 0) is 0 Å². The molecule has 5 heteroatoms. The predicted molar refractivity (Wildman–Crippen MR) is 64.9 cm³/mol. The van der Waals surface area contributed by atoms with Gasteiger partial charge in [0.25, 0.3) is 0 Å². The Morgan fingerprint density at radius 2 is 1.18 bits per heavy atom. The van der Waals surface area contributed by atoms with Crippen molar-refractivity contribution in [1.82, 2.24) is 0 Å². The first-order valence-corrected chi connectivity index (χ1v) is 10.9. The normalized spacial score (nSPS) is 13.5. The van der Waals surface area contributed by atoms with E-state index in [2.05, 4.69) is 20.8 Å². The fraction of sp³-hybridized carbons (Fsp3) is 1.00. The quantitative estimate of drug-likeness (QED) is 0.705. The summed E-state index contributed by atoms with van der Waals surface area (Å²) in [5.41, 5.74) is 0. The standard InChI is InChI=1S/C6H17OPS3/c1-4-9-8(7,10-5-2)11-6-3/h7-8H,4-6H2,1-3H3. The van der Waals surface area contributed by atoms with Crippen LogP contribution in [0.1, 0.15) is 20.8 Å². The third-order valence-electron chi connectivity index (χ3n) is 0.980. The van der Waals surface area contributed by atoms with Gasteiger partial charge >= 0.3 is 82.2 Å². The maximum absolute atomic E-state index is 10.0. The van der Waals surface area contributed by atoms with Gasteiger partial charge in [0, 0.05) is 0 Å². The van der Waals surface area contributed by atoms with Gasteiger partial charge in [-0.2, -0.15) is 0 Å². The van der Waals surface area contributed by atoms with Crippen LogP contribution in [-0.4, -0.2) is 22.2 Å². The van der Waals surface area contributed by atoms with Gasteiger partial charge in [-0.15, -0.1) is 0 Å². The zero-order chi connectivity index (χ0) is 8.74. The van der Waals surface area contributed by atoms with Gasteiger partial charge in [0.1, 0.15) is 0 Å². The van der Waals surface area contributed by atoms with E-state index in [1.807, 2.05) is 0 Å². The number of hydrogen-bond acceptors (Lipinski definition) is 4. The van der Waals surface area contributed by atoms with E-state index in [-0.39, 0.29) is 0 Å². The third-order valence-corrected chi connectivity index (χ3v) is 15.2. The van der Waals surface area contributed by atoms with Crippen molar-refractivity contribution in [3.05, 3.63) is 0 Å². The minimum absolute atomic E-state index is 1.03. The second-order valence-corrected chi connectivity index (χ2v) is 15.7. The Hall–Kier alpha value is 1.44.